The van der Waals surface area contributed by atoms with E-state index in [-0.39, 0.29) is 6.61 Å². The first-order valence-corrected chi connectivity index (χ1v) is 11.3. The van der Waals surface area contributed by atoms with Crippen LogP contribution in [0, 0.1) is 11.3 Å². The zero-order valence-corrected chi connectivity index (χ0v) is 19.5. The van der Waals surface area contributed by atoms with Gasteiger partial charge in [-0.25, -0.2) is 13.1 Å². The van der Waals surface area contributed by atoms with Crippen molar-refractivity contribution in [2.45, 2.75) is 30.8 Å². The van der Waals surface area contributed by atoms with Crippen LogP contribution in [-0.4, -0.2) is 43.6 Å². The molecule has 0 aliphatic rings. The highest BCUT2D eigenvalue weighted by molar-refractivity contribution is 7.89. The van der Waals surface area contributed by atoms with E-state index in [0.717, 1.165) is 0 Å². The fourth-order valence-electron chi connectivity index (χ4n) is 2.70. The summed E-state index contributed by atoms with van der Waals surface area (Å²) in [5, 5.41) is 13.6. The first-order chi connectivity index (χ1) is 16.0. The zero-order valence-electron chi connectivity index (χ0n) is 17.2. The summed E-state index contributed by atoms with van der Waals surface area (Å²) < 4.78 is 108. The molecule has 1 aromatic carbocycles. The highest BCUT2D eigenvalue weighted by atomic mass is 35.5. The van der Waals surface area contributed by atoms with Gasteiger partial charge in [0.1, 0.15) is 23.3 Å². The fourth-order valence-corrected chi connectivity index (χ4v) is 4.56. The SMILES string of the molecule is CCOCC(=O)NCc1c(S(=O)(=O)NC(F)(F)F)c(C#N)nn1-c1c(Cl)cc(C(F)(F)F)cc1Cl. The minimum Gasteiger partial charge on any atom is -0.372 e. The molecular weight excluding hydrogens is 555 g/mol. The van der Waals surface area contributed by atoms with Crippen LogP contribution in [0.4, 0.5) is 26.3 Å². The lowest BCUT2D eigenvalue weighted by Gasteiger charge is -2.16. The Hall–Kier alpha value is -2.58. The monoisotopic (exact) mass is 567 g/mol. The summed E-state index contributed by atoms with van der Waals surface area (Å²) in [6.45, 7) is 0.308. The molecule has 0 atom stereocenters. The summed E-state index contributed by atoms with van der Waals surface area (Å²) in [7, 11) is -5.53. The topological polar surface area (TPSA) is 126 Å². The highest BCUT2D eigenvalue weighted by Crippen LogP contribution is 2.38. The summed E-state index contributed by atoms with van der Waals surface area (Å²) in [6.07, 6.45) is -10.3. The molecule has 1 aromatic heterocycles. The van der Waals surface area contributed by atoms with E-state index in [2.05, 4.69) is 10.4 Å². The van der Waals surface area contributed by atoms with Crippen molar-refractivity contribution < 1.29 is 44.3 Å². The van der Waals surface area contributed by atoms with Gasteiger partial charge in [-0.3, -0.25) is 4.79 Å². The molecule has 18 heteroatoms. The molecule has 1 heterocycles. The molecule has 2 N–H and O–H groups in total. The lowest BCUT2D eigenvalue weighted by Crippen LogP contribution is -2.38. The van der Waals surface area contributed by atoms with Crippen molar-refractivity contribution in [2.24, 2.45) is 0 Å². The molecule has 0 saturated heterocycles. The lowest BCUT2D eigenvalue weighted by molar-refractivity contribution is -0.138. The van der Waals surface area contributed by atoms with Crippen LogP contribution in [0.15, 0.2) is 17.0 Å². The van der Waals surface area contributed by atoms with Gasteiger partial charge in [-0.1, -0.05) is 23.2 Å². The maximum Gasteiger partial charge on any atom is 0.470 e. The number of alkyl halides is 6. The Morgan fingerprint density at radius 2 is 1.77 bits per heavy atom. The van der Waals surface area contributed by atoms with Crippen molar-refractivity contribution in [3.05, 3.63) is 39.1 Å². The molecule has 0 aliphatic carbocycles. The van der Waals surface area contributed by atoms with Gasteiger partial charge in [0.15, 0.2) is 5.69 Å². The molecule has 0 saturated carbocycles. The molecule has 192 valence electrons. The van der Waals surface area contributed by atoms with E-state index in [0.29, 0.717) is 21.5 Å². The zero-order chi connectivity index (χ0) is 26.8. The number of carbonyl (C=O) groups is 1. The second-order valence-corrected chi connectivity index (χ2v) is 8.89. The van der Waals surface area contributed by atoms with Gasteiger partial charge in [-0.2, -0.15) is 36.7 Å². The van der Waals surface area contributed by atoms with Crippen LogP contribution >= 0.6 is 23.2 Å². The first kappa shape index (κ1) is 28.7. The van der Waals surface area contributed by atoms with Gasteiger partial charge in [-0.15, -0.1) is 4.72 Å². The summed E-state index contributed by atoms with van der Waals surface area (Å²) >= 11 is 11.8. The number of nitriles is 1. The maximum absolute atomic E-state index is 13.1. The molecule has 0 unspecified atom stereocenters. The van der Waals surface area contributed by atoms with Crippen molar-refractivity contribution in [1.82, 2.24) is 19.8 Å². The van der Waals surface area contributed by atoms with Crippen molar-refractivity contribution in [2.75, 3.05) is 13.2 Å². The van der Waals surface area contributed by atoms with Crippen molar-refractivity contribution in [3.63, 3.8) is 0 Å². The van der Waals surface area contributed by atoms with Gasteiger partial charge < -0.3 is 10.1 Å². The third-order valence-corrected chi connectivity index (χ3v) is 6.05. The number of hydrogen-bond donors (Lipinski definition) is 2. The lowest BCUT2D eigenvalue weighted by atomic mass is 10.2. The number of nitrogens with one attached hydrogen (secondary N) is 2. The number of amides is 1. The quantitative estimate of drug-likeness (QED) is 0.371. The Morgan fingerprint density at radius 1 is 1.20 bits per heavy atom. The molecule has 0 fully saturated rings. The maximum atomic E-state index is 13.1. The van der Waals surface area contributed by atoms with Crippen LogP contribution in [0.25, 0.3) is 5.69 Å². The Balaban J connectivity index is 2.79. The number of halogens is 8. The van der Waals surface area contributed by atoms with Gasteiger partial charge in [0.25, 0.3) is 10.0 Å². The first-order valence-electron chi connectivity index (χ1n) is 9.05. The Morgan fingerprint density at radius 3 is 2.23 bits per heavy atom. The Kier molecular flexibility index (Phi) is 8.66. The molecule has 2 aromatic rings. The van der Waals surface area contributed by atoms with Crippen LogP contribution in [0.3, 0.4) is 0 Å². The number of aromatic nitrogens is 2. The van der Waals surface area contributed by atoms with E-state index < -0.39 is 79.1 Å². The smallest absolute Gasteiger partial charge is 0.372 e. The Bertz CT molecular complexity index is 1250. The summed E-state index contributed by atoms with van der Waals surface area (Å²) in [5.41, 5.74) is -3.71. The van der Waals surface area contributed by atoms with Crippen LogP contribution in [-0.2, 0) is 32.3 Å². The van der Waals surface area contributed by atoms with Gasteiger partial charge in [0.2, 0.25) is 5.91 Å². The highest BCUT2D eigenvalue weighted by Gasteiger charge is 2.40. The molecule has 0 radical (unpaired) electrons. The van der Waals surface area contributed by atoms with Gasteiger partial charge >= 0.3 is 12.5 Å². The number of sulfonamides is 1. The average Bonchev–Trinajstić information content (AvgIpc) is 3.07. The van der Waals surface area contributed by atoms with E-state index in [1.807, 2.05) is 0 Å². The molecule has 1 amide bonds. The molecule has 0 aliphatic heterocycles. The minimum atomic E-state index is -5.53. The van der Waals surface area contributed by atoms with Crippen LogP contribution in [0.5, 0.6) is 0 Å². The van der Waals surface area contributed by atoms with Crippen molar-refractivity contribution in [1.29, 1.82) is 5.26 Å². The molecule has 2 rings (SSSR count). The largest absolute Gasteiger partial charge is 0.470 e. The number of rotatable bonds is 8. The number of benzene rings is 1. The third kappa shape index (κ3) is 6.98. The van der Waals surface area contributed by atoms with E-state index in [4.69, 9.17) is 27.9 Å². The van der Waals surface area contributed by atoms with Crippen molar-refractivity contribution >= 4 is 39.1 Å². The predicted octanol–water partition coefficient (Wildman–Crippen LogP) is 3.52. The van der Waals surface area contributed by atoms with Gasteiger partial charge in [-0.05, 0) is 19.1 Å². The minimum absolute atomic E-state index is 0.121. The molecular formula is C17H13Cl2F6N5O4S. The fraction of sp³-hybridized carbons (Fsp3) is 0.353. The van der Waals surface area contributed by atoms with E-state index in [9.17, 15) is 44.8 Å². The van der Waals surface area contributed by atoms with Crippen molar-refractivity contribution in [3.8, 4) is 11.8 Å². The standard InChI is InChI=1S/C17H13Cl2F6N5O4S/c1-2-34-7-13(31)27-6-12-15(35(32,33)29-17(23,24)25)11(5-26)28-30(12)14-9(18)3-8(4-10(14)19)16(20,21)22/h3-4,29H,2,6-7H2,1H3,(H,27,31). The molecule has 9 nitrogen and oxygen atoms in total. The summed E-state index contributed by atoms with van der Waals surface area (Å²) in [6, 6.07) is 2.12. The third-order valence-electron chi connectivity index (χ3n) is 4.00. The van der Waals surface area contributed by atoms with Crippen LogP contribution in [0.1, 0.15) is 23.9 Å². The predicted molar refractivity (Wildman–Crippen MR) is 108 cm³/mol. The van der Waals surface area contributed by atoms with Gasteiger partial charge in [0, 0.05) is 6.61 Å². The number of ether oxygens (including phenoxy) is 1. The second kappa shape index (κ2) is 10.6. The summed E-state index contributed by atoms with van der Waals surface area (Å²) in [5.74, 6) is -0.838. The van der Waals surface area contributed by atoms with E-state index in [1.165, 1.54) is 6.07 Å². The normalized spacial score (nSPS) is 12.5. The van der Waals surface area contributed by atoms with E-state index >= 15 is 0 Å². The number of hydrogen-bond acceptors (Lipinski definition) is 6. The summed E-state index contributed by atoms with van der Waals surface area (Å²) in [4.78, 5) is 10.6. The number of nitrogens with zero attached hydrogens (tertiary/aromatic N) is 3. The van der Waals surface area contributed by atoms with E-state index in [1.54, 1.807) is 6.92 Å². The van der Waals surface area contributed by atoms with Crippen LogP contribution < -0.4 is 10.0 Å². The molecule has 0 spiro atoms. The Labute approximate surface area is 203 Å². The van der Waals surface area contributed by atoms with Crippen LogP contribution in [0.2, 0.25) is 10.0 Å². The van der Waals surface area contributed by atoms with Gasteiger partial charge in [0.05, 0.1) is 27.8 Å². The molecule has 35 heavy (non-hydrogen) atoms. The average molecular weight is 568 g/mol. The molecule has 0 bridgehead atoms. The number of carbonyl (C=O) groups excluding carboxylic acids is 1. The second-order valence-electron chi connectivity index (χ2n) is 6.45.